The van der Waals surface area contributed by atoms with Gasteiger partial charge in [0.05, 0.1) is 10.0 Å². The highest BCUT2D eigenvalue weighted by Gasteiger charge is 2.25. The van der Waals surface area contributed by atoms with Crippen LogP contribution in [0.15, 0.2) is 18.2 Å². The number of carbonyl (C=O) groups is 2. The molecule has 0 fully saturated rings. The number of halogens is 2. The largest absolute Gasteiger partial charge is 0.480 e. The van der Waals surface area contributed by atoms with E-state index < -0.39 is 17.9 Å². The first-order valence-electron chi connectivity index (χ1n) is 5.85. The maximum atomic E-state index is 12.0. The van der Waals surface area contributed by atoms with Gasteiger partial charge in [-0.05, 0) is 24.1 Å². The first-order valence-corrected chi connectivity index (χ1v) is 6.61. The molecule has 0 aliphatic carbocycles. The average molecular weight is 304 g/mol. The summed E-state index contributed by atoms with van der Waals surface area (Å²) in [6, 6.07) is 3.48. The van der Waals surface area contributed by atoms with Crippen LogP contribution in [0.3, 0.4) is 0 Å². The van der Waals surface area contributed by atoms with E-state index >= 15 is 0 Å². The Balaban J connectivity index is 2.87. The standard InChI is InChI=1S/C13H15Cl2NO3/c1-3-7(2)11(13(18)19)16-12(17)8-4-5-9(14)10(15)6-8/h4-7,11H,3H2,1-2H3,(H,16,17)(H,18,19)/t7?,11-/m0/s1. The summed E-state index contributed by atoms with van der Waals surface area (Å²) >= 11 is 11.6. The molecule has 1 aromatic carbocycles. The molecule has 2 N–H and O–H groups in total. The highest BCUT2D eigenvalue weighted by molar-refractivity contribution is 6.42. The summed E-state index contributed by atoms with van der Waals surface area (Å²) in [6.07, 6.45) is 0.651. The lowest BCUT2D eigenvalue weighted by molar-refractivity contribution is -0.140. The van der Waals surface area contributed by atoms with Crippen molar-refractivity contribution in [2.75, 3.05) is 0 Å². The molecule has 0 aromatic heterocycles. The first kappa shape index (κ1) is 15.8. The molecule has 0 radical (unpaired) electrons. The number of benzene rings is 1. The number of hydrogen-bond acceptors (Lipinski definition) is 2. The molecule has 1 aromatic rings. The molecule has 0 spiro atoms. The number of aliphatic carboxylic acids is 1. The molecule has 1 rings (SSSR count). The summed E-state index contributed by atoms with van der Waals surface area (Å²) in [4.78, 5) is 23.1. The van der Waals surface area contributed by atoms with E-state index in [1.54, 1.807) is 6.92 Å². The molecule has 4 nitrogen and oxygen atoms in total. The minimum absolute atomic E-state index is 0.163. The summed E-state index contributed by atoms with van der Waals surface area (Å²) < 4.78 is 0. The second-order valence-electron chi connectivity index (χ2n) is 4.30. The summed E-state index contributed by atoms with van der Waals surface area (Å²) in [7, 11) is 0. The monoisotopic (exact) mass is 303 g/mol. The van der Waals surface area contributed by atoms with E-state index in [0.717, 1.165) is 0 Å². The first-order chi connectivity index (χ1) is 8.86. The number of hydrogen-bond donors (Lipinski definition) is 2. The van der Waals surface area contributed by atoms with Gasteiger partial charge in [0.25, 0.3) is 5.91 Å². The molecule has 2 atom stereocenters. The molecule has 19 heavy (non-hydrogen) atoms. The maximum Gasteiger partial charge on any atom is 0.326 e. The lowest BCUT2D eigenvalue weighted by atomic mass is 9.99. The number of carboxylic acid groups (broad SMARTS) is 1. The Morgan fingerprint density at radius 2 is 1.95 bits per heavy atom. The van der Waals surface area contributed by atoms with Gasteiger partial charge in [0.2, 0.25) is 0 Å². The molecule has 0 saturated heterocycles. The van der Waals surface area contributed by atoms with Crippen LogP contribution in [0.25, 0.3) is 0 Å². The Bertz CT molecular complexity index is 491. The Morgan fingerprint density at radius 3 is 2.42 bits per heavy atom. The second kappa shape index (κ2) is 6.78. The van der Waals surface area contributed by atoms with Crippen LogP contribution in [0.4, 0.5) is 0 Å². The SMILES string of the molecule is CCC(C)[C@H](NC(=O)c1ccc(Cl)c(Cl)c1)C(=O)O. The molecule has 1 amide bonds. The van der Waals surface area contributed by atoms with Gasteiger partial charge >= 0.3 is 5.97 Å². The van der Waals surface area contributed by atoms with Crippen molar-refractivity contribution < 1.29 is 14.7 Å². The van der Waals surface area contributed by atoms with Crippen molar-refractivity contribution in [3.63, 3.8) is 0 Å². The quantitative estimate of drug-likeness (QED) is 0.877. The number of carbonyl (C=O) groups excluding carboxylic acids is 1. The zero-order chi connectivity index (χ0) is 14.6. The molecule has 0 aliphatic heterocycles. The molecule has 0 aliphatic rings. The fraction of sp³-hybridized carbons (Fsp3) is 0.385. The van der Waals surface area contributed by atoms with Gasteiger partial charge in [-0.1, -0.05) is 43.5 Å². The van der Waals surface area contributed by atoms with Crippen molar-refractivity contribution >= 4 is 35.1 Å². The molecular weight excluding hydrogens is 289 g/mol. The highest BCUT2D eigenvalue weighted by atomic mass is 35.5. The van der Waals surface area contributed by atoms with Crippen LogP contribution in [0.5, 0.6) is 0 Å². The van der Waals surface area contributed by atoms with E-state index in [9.17, 15) is 9.59 Å². The van der Waals surface area contributed by atoms with Crippen molar-refractivity contribution in [1.29, 1.82) is 0 Å². The fourth-order valence-corrected chi connectivity index (χ4v) is 1.84. The van der Waals surface area contributed by atoms with Crippen LogP contribution >= 0.6 is 23.2 Å². The van der Waals surface area contributed by atoms with E-state index in [1.807, 2.05) is 6.92 Å². The van der Waals surface area contributed by atoms with E-state index in [-0.39, 0.29) is 16.5 Å². The van der Waals surface area contributed by atoms with Crippen LogP contribution in [0, 0.1) is 5.92 Å². The van der Waals surface area contributed by atoms with E-state index in [2.05, 4.69) is 5.32 Å². The van der Waals surface area contributed by atoms with Crippen molar-refractivity contribution in [3.05, 3.63) is 33.8 Å². The van der Waals surface area contributed by atoms with Crippen molar-refractivity contribution in [3.8, 4) is 0 Å². The third-order valence-electron chi connectivity index (χ3n) is 2.95. The predicted molar refractivity (Wildman–Crippen MR) is 74.8 cm³/mol. The predicted octanol–water partition coefficient (Wildman–Crippen LogP) is 3.22. The van der Waals surface area contributed by atoms with Gasteiger partial charge in [-0.3, -0.25) is 4.79 Å². The number of nitrogens with one attached hydrogen (secondary N) is 1. The topological polar surface area (TPSA) is 66.4 Å². The van der Waals surface area contributed by atoms with Crippen LogP contribution in [0.2, 0.25) is 10.0 Å². The normalized spacial score (nSPS) is 13.7. The van der Waals surface area contributed by atoms with E-state index in [1.165, 1.54) is 18.2 Å². The summed E-state index contributed by atoms with van der Waals surface area (Å²) in [5.74, 6) is -1.70. The fourth-order valence-electron chi connectivity index (χ4n) is 1.55. The van der Waals surface area contributed by atoms with Crippen LogP contribution < -0.4 is 5.32 Å². The average Bonchev–Trinajstić information content (AvgIpc) is 2.37. The Morgan fingerprint density at radius 1 is 1.32 bits per heavy atom. The maximum absolute atomic E-state index is 12.0. The number of carboxylic acids is 1. The number of amides is 1. The molecule has 6 heteroatoms. The molecule has 0 saturated carbocycles. The molecular formula is C13H15Cl2NO3. The summed E-state index contributed by atoms with van der Waals surface area (Å²) in [6.45, 7) is 3.64. The lowest BCUT2D eigenvalue weighted by Crippen LogP contribution is -2.45. The minimum atomic E-state index is -1.05. The van der Waals surface area contributed by atoms with Gasteiger partial charge < -0.3 is 10.4 Å². The molecule has 0 heterocycles. The van der Waals surface area contributed by atoms with Crippen LogP contribution in [0.1, 0.15) is 30.6 Å². The lowest BCUT2D eigenvalue weighted by Gasteiger charge is -2.20. The van der Waals surface area contributed by atoms with Gasteiger partial charge in [-0.15, -0.1) is 0 Å². The van der Waals surface area contributed by atoms with E-state index in [4.69, 9.17) is 28.3 Å². The van der Waals surface area contributed by atoms with Crippen molar-refractivity contribution in [2.45, 2.75) is 26.3 Å². The van der Waals surface area contributed by atoms with Crippen LogP contribution in [-0.4, -0.2) is 23.0 Å². The minimum Gasteiger partial charge on any atom is -0.480 e. The smallest absolute Gasteiger partial charge is 0.326 e. The van der Waals surface area contributed by atoms with Gasteiger partial charge in [-0.25, -0.2) is 4.79 Å². The van der Waals surface area contributed by atoms with E-state index in [0.29, 0.717) is 11.4 Å². The molecule has 0 bridgehead atoms. The van der Waals surface area contributed by atoms with Crippen molar-refractivity contribution in [2.24, 2.45) is 5.92 Å². The number of rotatable bonds is 5. The third-order valence-corrected chi connectivity index (χ3v) is 3.69. The van der Waals surface area contributed by atoms with Crippen LogP contribution in [-0.2, 0) is 4.79 Å². The van der Waals surface area contributed by atoms with Gasteiger partial charge in [0.15, 0.2) is 0 Å². The Labute approximate surface area is 121 Å². The second-order valence-corrected chi connectivity index (χ2v) is 5.12. The van der Waals surface area contributed by atoms with Gasteiger partial charge in [-0.2, -0.15) is 0 Å². The zero-order valence-electron chi connectivity index (χ0n) is 10.6. The van der Waals surface area contributed by atoms with Crippen molar-refractivity contribution in [1.82, 2.24) is 5.32 Å². The zero-order valence-corrected chi connectivity index (χ0v) is 12.1. The Kier molecular flexibility index (Phi) is 5.63. The third kappa shape index (κ3) is 4.11. The van der Waals surface area contributed by atoms with Gasteiger partial charge in [0.1, 0.15) is 6.04 Å². The van der Waals surface area contributed by atoms with Gasteiger partial charge in [0, 0.05) is 5.56 Å². The molecule has 1 unspecified atom stereocenters. The highest BCUT2D eigenvalue weighted by Crippen LogP contribution is 2.22. The molecule has 104 valence electrons. The summed E-state index contributed by atoms with van der Waals surface area (Å²) in [5.41, 5.74) is 0.281. The Hall–Kier alpha value is -1.26. The summed E-state index contributed by atoms with van der Waals surface area (Å²) in [5, 5.41) is 12.2.